The van der Waals surface area contributed by atoms with Crippen molar-refractivity contribution in [1.29, 1.82) is 0 Å². The van der Waals surface area contributed by atoms with E-state index in [0.717, 1.165) is 18.9 Å². The van der Waals surface area contributed by atoms with Crippen LogP contribution in [0.5, 0.6) is 0 Å². The Hall–Kier alpha value is -1.69. The van der Waals surface area contributed by atoms with Crippen molar-refractivity contribution in [3.8, 4) is 0 Å². The molecule has 2 heterocycles. The third-order valence-corrected chi connectivity index (χ3v) is 4.22. The lowest BCUT2D eigenvalue weighted by atomic mass is 10.1. The summed E-state index contributed by atoms with van der Waals surface area (Å²) in [4.78, 5) is 26.7. The predicted octanol–water partition coefficient (Wildman–Crippen LogP) is 1.34. The number of hydrogen-bond donors (Lipinski definition) is 0. The van der Waals surface area contributed by atoms with Crippen molar-refractivity contribution < 1.29 is 4.79 Å². The van der Waals surface area contributed by atoms with Gasteiger partial charge in [0.1, 0.15) is 11.5 Å². The second kappa shape index (κ2) is 7.05. The van der Waals surface area contributed by atoms with Crippen LogP contribution in [0.3, 0.4) is 0 Å². The van der Waals surface area contributed by atoms with Gasteiger partial charge in [-0.3, -0.25) is 9.78 Å². The van der Waals surface area contributed by atoms with Crippen LogP contribution in [0.25, 0.3) is 0 Å². The first-order valence-electron chi connectivity index (χ1n) is 7.87. The van der Waals surface area contributed by atoms with Crippen LogP contribution in [0, 0.1) is 5.92 Å². The van der Waals surface area contributed by atoms with E-state index in [1.807, 2.05) is 7.05 Å². The number of rotatable bonds is 5. The predicted molar refractivity (Wildman–Crippen MR) is 88.1 cm³/mol. The molecule has 1 atom stereocenters. The van der Waals surface area contributed by atoms with Crippen molar-refractivity contribution >= 4 is 11.7 Å². The molecule has 1 aromatic heterocycles. The smallest absolute Gasteiger partial charge is 0.273 e. The molecule has 0 spiro atoms. The number of amides is 1. The summed E-state index contributed by atoms with van der Waals surface area (Å²) < 4.78 is 0. The first kappa shape index (κ1) is 16.7. The maximum atomic E-state index is 12.0. The monoisotopic (exact) mass is 305 g/mol. The topological polar surface area (TPSA) is 52.6 Å². The highest BCUT2D eigenvalue weighted by atomic mass is 16.2. The number of carbonyl (C=O) groups excluding carboxylic acids is 1. The molecule has 2 rings (SSSR count). The standard InChI is InChI=1S/C16H27N5O/c1-12(2)21-7-6-13(11-21)10-20(5)15-9-17-8-14(18-15)16(22)19(3)4/h8-9,12-13H,6-7,10-11H2,1-5H3/t13-/m1/s1. The van der Waals surface area contributed by atoms with Gasteiger partial charge in [0.15, 0.2) is 0 Å². The Labute approximate surface area is 133 Å². The van der Waals surface area contributed by atoms with Crippen LogP contribution < -0.4 is 4.90 Å². The number of likely N-dealkylation sites (tertiary alicyclic amines) is 1. The summed E-state index contributed by atoms with van der Waals surface area (Å²) in [5.41, 5.74) is 0.393. The molecule has 1 saturated heterocycles. The van der Waals surface area contributed by atoms with Gasteiger partial charge in [-0.15, -0.1) is 0 Å². The third kappa shape index (κ3) is 3.94. The summed E-state index contributed by atoms with van der Waals surface area (Å²) >= 11 is 0. The Morgan fingerprint density at radius 2 is 2.09 bits per heavy atom. The minimum atomic E-state index is -0.116. The molecule has 1 aromatic rings. The Morgan fingerprint density at radius 1 is 1.36 bits per heavy atom. The molecule has 0 bridgehead atoms. The van der Waals surface area contributed by atoms with E-state index >= 15 is 0 Å². The Morgan fingerprint density at radius 3 is 2.68 bits per heavy atom. The fraction of sp³-hybridized carbons (Fsp3) is 0.688. The molecule has 1 aliphatic heterocycles. The molecule has 0 aliphatic carbocycles. The Kier molecular flexibility index (Phi) is 5.34. The van der Waals surface area contributed by atoms with Gasteiger partial charge in [0.2, 0.25) is 0 Å². The van der Waals surface area contributed by atoms with Crippen molar-refractivity contribution in [2.45, 2.75) is 26.3 Å². The zero-order chi connectivity index (χ0) is 16.3. The molecule has 0 aromatic carbocycles. The summed E-state index contributed by atoms with van der Waals surface area (Å²) in [6.07, 6.45) is 4.46. The zero-order valence-electron chi connectivity index (χ0n) is 14.3. The maximum absolute atomic E-state index is 12.0. The van der Waals surface area contributed by atoms with Crippen molar-refractivity contribution in [1.82, 2.24) is 19.8 Å². The fourth-order valence-corrected chi connectivity index (χ4v) is 2.83. The molecular formula is C16H27N5O. The average Bonchev–Trinajstić information content (AvgIpc) is 2.95. The van der Waals surface area contributed by atoms with Gasteiger partial charge in [-0.1, -0.05) is 0 Å². The van der Waals surface area contributed by atoms with Crippen molar-refractivity contribution in [3.05, 3.63) is 18.1 Å². The van der Waals surface area contributed by atoms with Crippen molar-refractivity contribution in [3.63, 3.8) is 0 Å². The van der Waals surface area contributed by atoms with Gasteiger partial charge in [0, 0.05) is 40.3 Å². The second-order valence-corrected chi connectivity index (χ2v) is 6.59. The van der Waals surface area contributed by atoms with Crippen LogP contribution >= 0.6 is 0 Å². The SMILES string of the molecule is CC(C)N1CC[C@H](CN(C)c2cncc(C(=O)N(C)C)n2)C1. The third-order valence-electron chi connectivity index (χ3n) is 4.22. The molecule has 1 aliphatic rings. The first-order chi connectivity index (χ1) is 10.4. The van der Waals surface area contributed by atoms with Gasteiger partial charge in [-0.2, -0.15) is 0 Å². The summed E-state index contributed by atoms with van der Waals surface area (Å²) in [5.74, 6) is 1.28. The minimum Gasteiger partial charge on any atom is -0.358 e. The van der Waals surface area contributed by atoms with E-state index in [0.29, 0.717) is 17.7 Å². The lowest BCUT2D eigenvalue weighted by Crippen LogP contribution is -2.32. The molecule has 0 radical (unpaired) electrons. The lowest BCUT2D eigenvalue weighted by molar-refractivity contribution is 0.0821. The summed E-state index contributed by atoms with van der Waals surface area (Å²) in [6, 6.07) is 0.608. The minimum absolute atomic E-state index is 0.116. The molecule has 122 valence electrons. The second-order valence-electron chi connectivity index (χ2n) is 6.59. The number of aromatic nitrogens is 2. The van der Waals surface area contributed by atoms with E-state index in [4.69, 9.17) is 0 Å². The van der Waals surface area contributed by atoms with Crippen LogP contribution in [0.4, 0.5) is 5.82 Å². The lowest BCUT2D eigenvalue weighted by Gasteiger charge is -2.24. The van der Waals surface area contributed by atoms with Crippen LogP contribution in [0.15, 0.2) is 12.4 Å². The molecule has 22 heavy (non-hydrogen) atoms. The van der Waals surface area contributed by atoms with Gasteiger partial charge in [-0.25, -0.2) is 4.98 Å². The number of anilines is 1. The normalized spacial score (nSPS) is 18.7. The number of carbonyl (C=O) groups is 1. The fourth-order valence-electron chi connectivity index (χ4n) is 2.83. The van der Waals surface area contributed by atoms with Crippen LogP contribution in [-0.2, 0) is 0 Å². The molecule has 0 unspecified atom stereocenters. The molecular weight excluding hydrogens is 278 g/mol. The molecule has 1 fully saturated rings. The summed E-state index contributed by atoms with van der Waals surface area (Å²) in [7, 11) is 5.46. The zero-order valence-corrected chi connectivity index (χ0v) is 14.3. The summed E-state index contributed by atoms with van der Waals surface area (Å²) in [6.45, 7) is 7.73. The van der Waals surface area contributed by atoms with E-state index in [-0.39, 0.29) is 5.91 Å². The van der Waals surface area contributed by atoms with E-state index in [1.165, 1.54) is 24.1 Å². The van der Waals surface area contributed by atoms with Crippen LogP contribution in [-0.4, -0.2) is 72.5 Å². The number of nitrogens with zero attached hydrogens (tertiary/aromatic N) is 5. The van der Waals surface area contributed by atoms with E-state index in [9.17, 15) is 4.79 Å². The molecule has 0 saturated carbocycles. The van der Waals surface area contributed by atoms with Crippen molar-refractivity contribution in [2.24, 2.45) is 5.92 Å². The molecule has 0 N–H and O–H groups in total. The summed E-state index contributed by atoms with van der Waals surface area (Å²) in [5, 5.41) is 0. The van der Waals surface area contributed by atoms with E-state index < -0.39 is 0 Å². The quantitative estimate of drug-likeness (QED) is 0.822. The van der Waals surface area contributed by atoms with Gasteiger partial charge in [0.05, 0.1) is 12.4 Å². The molecule has 6 heteroatoms. The highest BCUT2D eigenvalue weighted by molar-refractivity contribution is 5.91. The highest BCUT2D eigenvalue weighted by Gasteiger charge is 2.25. The van der Waals surface area contributed by atoms with E-state index in [2.05, 4.69) is 33.6 Å². The van der Waals surface area contributed by atoms with Gasteiger partial charge in [-0.05, 0) is 32.7 Å². The highest BCUT2D eigenvalue weighted by Crippen LogP contribution is 2.21. The van der Waals surface area contributed by atoms with Crippen molar-refractivity contribution in [2.75, 3.05) is 45.7 Å². The van der Waals surface area contributed by atoms with Crippen LogP contribution in [0.2, 0.25) is 0 Å². The van der Waals surface area contributed by atoms with Gasteiger partial charge in [0.25, 0.3) is 5.91 Å². The maximum Gasteiger partial charge on any atom is 0.273 e. The average molecular weight is 305 g/mol. The van der Waals surface area contributed by atoms with E-state index in [1.54, 1.807) is 20.3 Å². The van der Waals surface area contributed by atoms with Gasteiger partial charge < -0.3 is 14.7 Å². The Balaban J connectivity index is 2.00. The van der Waals surface area contributed by atoms with Gasteiger partial charge >= 0.3 is 0 Å². The molecule has 1 amide bonds. The largest absolute Gasteiger partial charge is 0.358 e. The Bertz CT molecular complexity index is 517. The first-order valence-corrected chi connectivity index (χ1v) is 7.87. The number of hydrogen-bond acceptors (Lipinski definition) is 5. The van der Waals surface area contributed by atoms with Crippen LogP contribution in [0.1, 0.15) is 30.8 Å². The molecule has 6 nitrogen and oxygen atoms in total.